The summed E-state index contributed by atoms with van der Waals surface area (Å²) in [4.78, 5) is 8.78. The second-order valence-electron chi connectivity index (χ2n) is 5.94. The van der Waals surface area contributed by atoms with Gasteiger partial charge < -0.3 is 11.1 Å². The van der Waals surface area contributed by atoms with Crippen molar-refractivity contribution in [1.82, 2.24) is 9.97 Å². The molecule has 4 heteroatoms. The van der Waals surface area contributed by atoms with Gasteiger partial charge in [-0.25, -0.2) is 9.97 Å². The Morgan fingerprint density at radius 2 is 1.83 bits per heavy atom. The van der Waals surface area contributed by atoms with Crippen LogP contribution in [0, 0.1) is 0 Å². The first-order valence-electron chi connectivity index (χ1n) is 6.67. The largest absolute Gasteiger partial charge is 0.352 e. The molecule has 1 heterocycles. The van der Waals surface area contributed by atoms with Crippen molar-refractivity contribution in [3.05, 3.63) is 18.0 Å². The lowest BCUT2D eigenvalue weighted by Crippen LogP contribution is -2.45. The van der Waals surface area contributed by atoms with Crippen LogP contribution in [0.3, 0.4) is 0 Å². The van der Waals surface area contributed by atoms with Crippen molar-refractivity contribution in [1.29, 1.82) is 0 Å². The lowest BCUT2D eigenvalue weighted by molar-refractivity contribution is 0.417. The van der Waals surface area contributed by atoms with Crippen LogP contribution in [0.2, 0.25) is 0 Å². The maximum atomic E-state index is 6.25. The number of nitrogens with two attached hydrogens (primary N) is 1. The maximum absolute atomic E-state index is 6.25. The Morgan fingerprint density at radius 3 is 2.33 bits per heavy atom. The van der Waals surface area contributed by atoms with Crippen LogP contribution in [0.25, 0.3) is 0 Å². The average Bonchev–Trinajstić information content (AvgIpc) is 2.35. The lowest BCUT2D eigenvalue weighted by Gasteiger charge is -2.27. The normalized spacial score (nSPS) is 12.6. The van der Waals surface area contributed by atoms with E-state index < -0.39 is 0 Å². The van der Waals surface area contributed by atoms with E-state index >= 15 is 0 Å². The molecule has 0 amide bonds. The SMILES string of the molecule is CCC(N)(CC)CNc1nccc(C(C)(C)C)n1. The summed E-state index contributed by atoms with van der Waals surface area (Å²) in [6.07, 6.45) is 3.68. The van der Waals surface area contributed by atoms with Gasteiger partial charge >= 0.3 is 0 Å². The summed E-state index contributed by atoms with van der Waals surface area (Å²) < 4.78 is 0. The van der Waals surface area contributed by atoms with Crippen LogP contribution in [-0.4, -0.2) is 22.1 Å². The number of nitrogens with zero attached hydrogens (tertiary/aromatic N) is 2. The number of rotatable bonds is 5. The zero-order valence-corrected chi connectivity index (χ0v) is 12.2. The summed E-state index contributed by atoms with van der Waals surface area (Å²) >= 11 is 0. The molecule has 0 aromatic carbocycles. The lowest BCUT2D eigenvalue weighted by atomic mass is 9.92. The molecule has 0 radical (unpaired) electrons. The molecular weight excluding hydrogens is 224 g/mol. The van der Waals surface area contributed by atoms with Gasteiger partial charge in [0.1, 0.15) is 0 Å². The molecule has 1 rings (SSSR count). The van der Waals surface area contributed by atoms with Crippen molar-refractivity contribution in [3.63, 3.8) is 0 Å². The fourth-order valence-electron chi connectivity index (χ4n) is 1.62. The van der Waals surface area contributed by atoms with Gasteiger partial charge in [-0.1, -0.05) is 34.6 Å². The Bertz CT molecular complexity index is 378. The fourth-order valence-corrected chi connectivity index (χ4v) is 1.62. The highest BCUT2D eigenvalue weighted by Gasteiger charge is 2.21. The molecule has 0 atom stereocenters. The molecule has 1 aromatic rings. The van der Waals surface area contributed by atoms with Crippen LogP contribution in [0.5, 0.6) is 0 Å². The quantitative estimate of drug-likeness (QED) is 0.843. The molecule has 18 heavy (non-hydrogen) atoms. The summed E-state index contributed by atoms with van der Waals surface area (Å²) in [7, 11) is 0. The van der Waals surface area contributed by atoms with Crippen molar-refractivity contribution in [2.24, 2.45) is 5.73 Å². The molecule has 102 valence electrons. The Kier molecular flexibility index (Phi) is 4.68. The summed E-state index contributed by atoms with van der Waals surface area (Å²) in [6.45, 7) is 11.3. The zero-order valence-electron chi connectivity index (χ0n) is 12.2. The van der Waals surface area contributed by atoms with Gasteiger partial charge in [0.05, 0.1) is 5.69 Å². The first-order chi connectivity index (χ1) is 8.30. The Hall–Kier alpha value is -1.16. The molecule has 0 spiro atoms. The minimum atomic E-state index is -0.179. The second kappa shape index (κ2) is 5.65. The molecule has 0 saturated carbocycles. The van der Waals surface area contributed by atoms with Gasteiger partial charge in [-0.05, 0) is 18.9 Å². The van der Waals surface area contributed by atoms with E-state index in [0.29, 0.717) is 12.5 Å². The van der Waals surface area contributed by atoms with E-state index in [1.54, 1.807) is 6.20 Å². The van der Waals surface area contributed by atoms with Crippen LogP contribution in [0.15, 0.2) is 12.3 Å². The summed E-state index contributed by atoms with van der Waals surface area (Å²) in [5.41, 5.74) is 7.14. The van der Waals surface area contributed by atoms with Gasteiger partial charge in [0.15, 0.2) is 0 Å². The predicted octanol–water partition coefficient (Wildman–Crippen LogP) is 2.70. The van der Waals surface area contributed by atoms with Crippen LogP contribution < -0.4 is 11.1 Å². The summed E-state index contributed by atoms with van der Waals surface area (Å²) in [5, 5.41) is 3.25. The highest BCUT2D eigenvalue weighted by Crippen LogP contribution is 2.20. The van der Waals surface area contributed by atoms with Crippen molar-refractivity contribution in [3.8, 4) is 0 Å². The van der Waals surface area contributed by atoms with Gasteiger partial charge in [0, 0.05) is 23.7 Å². The number of anilines is 1. The van der Waals surface area contributed by atoms with Crippen LogP contribution >= 0.6 is 0 Å². The molecule has 0 aliphatic rings. The molecule has 0 aliphatic heterocycles. The molecular formula is C14H26N4. The monoisotopic (exact) mass is 250 g/mol. The van der Waals surface area contributed by atoms with E-state index in [9.17, 15) is 0 Å². The number of nitrogens with one attached hydrogen (secondary N) is 1. The third kappa shape index (κ3) is 3.95. The summed E-state index contributed by atoms with van der Waals surface area (Å²) in [6, 6.07) is 1.96. The second-order valence-corrected chi connectivity index (χ2v) is 5.94. The molecule has 4 nitrogen and oxygen atoms in total. The van der Waals surface area contributed by atoms with E-state index in [1.807, 2.05) is 6.07 Å². The molecule has 0 saturated heterocycles. The van der Waals surface area contributed by atoms with Gasteiger partial charge in [-0.3, -0.25) is 0 Å². The highest BCUT2D eigenvalue weighted by molar-refractivity contribution is 5.28. The minimum absolute atomic E-state index is 0.0364. The fraction of sp³-hybridized carbons (Fsp3) is 0.714. The Morgan fingerprint density at radius 1 is 1.22 bits per heavy atom. The number of aromatic nitrogens is 2. The van der Waals surface area contributed by atoms with E-state index in [1.165, 1.54) is 0 Å². The highest BCUT2D eigenvalue weighted by atomic mass is 15.1. The van der Waals surface area contributed by atoms with Gasteiger partial charge in [-0.15, -0.1) is 0 Å². The van der Waals surface area contributed by atoms with Crippen molar-refractivity contribution in [2.45, 2.75) is 58.4 Å². The van der Waals surface area contributed by atoms with Gasteiger partial charge in [0.25, 0.3) is 0 Å². The van der Waals surface area contributed by atoms with Crippen molar-refractivity contribution in [2.75, 3.05) is 11.9 Å². The number of hydrogen-bond donors (Lipinski definition) is 2. The standard InChI is InChI=1S/C14H26N4/c1-6-14(15,7-2)10-17-12-16-9-8-11(18-12)13(3,4)5/h8-9H,6-7,10,15H2,1-5H3,(H,16,17,18). The molecule has 3 N–H and O–H groups in total. The van der Waals surface area contributed by atoms with E-state index in [0.717, 1.165) is 18.5 Å². The summed E-state index contributed by atoms with van der Waals surface area (Å²) in [5.74, 6) is 0.666. The third-order valence-corrected chi connectivity index (χ3v) is 3.43. The van der Waals surface area contributed by atoms with Crippen LogP contribution in [0.4, 0.5) is 5.95 Å². The van der Waals surface area contributed by atoms with Gasteiger partial charge in [-0.2, -0.15) is 0 Å². The first-order valence-corrected chi connectivity index (χ1v) is 6.67. The van der Waals surface area contributed by atoms with Crippen molar-refractivity contribution >= 4 is 5.95 Å². The smallest absolute Gasteiger partial charge is 0.222 e. The molecule has 0 aliphatic carbocycles. The van der Waals surface area contributed by atoms with Crippen molar-refractivity contribution < 1.29 is 0 Å². The minimum Gasteiger partial charge on any atom is -0.352 e. The van der Waals surface area contributed by atoms with E-state index in [2.05, 4.69) is 49.9 Å². The van der Waals surface area contributed by atoms with E-state index in [-0.39, 0.29) is 11.0 Å². The molecule has 0 unspecified atom stereocenters. The van der Waals surface area contributed by atoms with Crippen LogP contribution in [0.1, 0.15) is 53.2 Å². The topological polar surface area (TPSA) is 63.8 Å². The molecule has 1 aromatic heterocycles. The molecule has 0 fully saturated rings. The first kappa shape index (κ1) is 14.9. The Balaban J connectivity index is 2.75. The Labute approximate surface area is 110 Å². The molecule has 0 bridgehead atoms. The van der Waals surface area contributed by atoms with E-state index in [4.69, 9.17) is 5.73 Å². The maximum Gasteiger partial charge on any atom is 0.222 e. The van der Waals surface area contributed by atoms with Crippen LogP contribution in [-0.2, 0) is 5.41 Å². The number of hydrogen-bond acceptors (Lipinski definition) is 4. The average molecular weight is 250 g/mol. The zero-order chi connectivity index (χ0) is 13.8. The third-order valence-electron chi connectivity index (χ3n) is 3.43. The van der Waals surface area contributed by atoms with Gasteiger partial charge in [0.2, 0.25) is 5.95 Å². The predicted molar refractivity (Wildman–Crippen MR) is 76.7 cm³/mol.